The fraction of sp³-hybridized carbons (Fsp3) is 1.00. The van der Waals surface area contributed by atoms with E-state index in [2.05, 4.69) is 93.6 Å². The van der Waals surface area contributed by atoms with E-state index in [1.807, 2.05) is 0 Å². The summed E-state index contributed by atoms with van der Waals surface area (Å²) in [5.74, 6) is 4.09. The molecule has 0 aliphatic rings. The number of rotatable bonds is 7. The van der Waals surface area contributed by atoms with Crippen LogP contribution >= 0.6 is 45.2 Å². The van der Waals surface area contributed by atoms with E-state index < -0.39 is 0 Å². The van der Waals surface area contributed by atoms with Crippen LogP contribution in [-0.4, -0.2) is 7.85 Å². The maximum Gasteiger partial charge on any atom is 0.0174 e. The van der Waals surface area contributed by atoms with Crippen LogP contribution < -0.4 is 0 Å². The summed E-state index contributed by atoms with van der Waals surface area (Å²) in [4.78, 5) is 0. The molecular weight excluding hydrogens is 434 g/mol. The molecule has 0 radical (unpaired) electrons. The summed E-state index contributed by atoms with van der Waals surface area (Å²) < 4.78 is 1.59. The third kappa shape index (κ3) is 5.53. The van der Waals surface area contributed by atoms with Crippen LogP contribution in [0.2, 0.25) is 0 Å². The van der Waals surface area contributed by atoms with Crippen LogP contribution in [0, 0.1) is 29.6 Å². The topological polar surface area (TPSA) is 0 Å². The second-order valence-electron chi connectivity index (χ2n) is 6.10. The molecule has 17 heavy (non-hydrogen) atoms. The van der Waals surface area contributed by atoms with Crippen LogP contribution in [0.1, 0.15) is 54.9 Å². The Labute approximate surface area is 136 Å². The summed E-state index contributed by atoms with van der Waals surface area (Å²) in [5.41, 5.74) is 0. The fourth-order valence-electron chi connectivity index (χ4n) is 2.44. The highest BCUT2D eigenvalue weighted by Crippen LogP contribution is 2.37. The van der Waals surface area contributed by atoms with Crippen molar-refractivity contribution >= 4 is 45.2 Å². The summed E-state index contributed by atoms with van der Waals surface area (Å²) in [6.07, 6.45) is 1.31. The first-order valence-corrected chi connectivity index (χ1v) is 9.51. The average Bonchev–Trinajstić information content (AvgIpc) is 2.32. The molecule has 0 nitrogen and oxygen atoms in total. The molecule has 0 saturated heterocycles. The van der Waals surface area contributed by atoms with Crippen molar-refractivity contribution < 1.29 is 0 Å². The van der Waals surface area contributed by atoms with E-state index in [0.29, 0.717) is 0 Å². The van der Waals surface area contributed by atoms with Gasteiger partial charge in [0.05, 0.1) is 0 Å². The molecule has 104 valence electrons. The van der Waals surface area contributed by atoms with Crippen LogP contribution in [-0.2, 0) is 0 Å². The van der Waals surface area contributed by atoms with E-state index in [1.165, 1.54) is 6.42 Å². The molecule has 0 aromatic heterocycles. The van der Waals surface area contributed by atoms with Crippen molar-refractivity contribution in [3.8, 4) is 0 Å². The van der Waals surface area contributed by atoms with Crippen molar-refractivity contribution in [3.63, 3.8) is 0 Å². The first kappa shape index (κ1) is 18.5. The Hall–Kier alpha value is 1.46. The van der Waals surface area contributed by atoms with E-state index >= 15 is 0 Å². The van der Waals surface area contributed by atoms with Crippen LogP contribution in [0.3, 0.4) is 0 Å². The second kappa shape index (κ2) is 8.60. The third-order valence-electron chi connectivity index (χ3n) is 4.51. The molecule has 0 fully saturated rings. The summed E-state index contributed by atoms with van der Waals surface area (Å²) in [5, 5.41) is 0. The van der Waals surface area contributed by atoms with E-state index in [0.717, 1.165) is 37.4 Å². The van der Waals surface area contributed by atoms with Gasteiger partial charge in [-0.2, -0.15) is 0 Å². The molecule has 0 aliphatic heterocycles. The molecule has 0 spiro atoms. The molecule has 6 atom stereocenters. The van der Waals surface area contributed by atoms with Gasteiger partial charge in [0.15, 0.2) is 0 Å². The lowest BCUT2D eigenvalue weighted by Crippen LogP contribution is -2.33. The van der Waals surface area contributed by atoms with Crippen molar-refractivity contribution in [1.82, 2.24) is 0 Å². The lowest BCUT2D eigenvalue weighted by molar-refractivity contribution is 0.245. The molecule has 0 heterocycles. The Morgan fingerprint density at radius 1 is 0.706 bits per heavy atom. The molecule has 0 aromatic rings. The van der Waals surface area contributed by atoms with Crippen molar-refractivity contribution in [2.24, 2.45) is 29.6 Å². The normalized spacial score (nSPS) is 22.9. The van der Waals surface area contributed by atoms with Gasteiger partial charge in [-0.05, 0) is 29.6 Å². The van der Waals surface area contributed by atoms with Gasteiger partial charge in [-0.1, -0.05) is 100 Å². The van der Waals surface area contributed by atoms with Gasteiger partial charge >= 0.3 is 0 Å². The van der Waals surface area contributed by atoms with E-state index in [9.17, 15) is 0 Å². The standard InChI is InChI=1S/C15H30I2/c1-8-10(4)11(5)12(6)15(17)13(7)14(16)9(2)3/h9-15H,8H2,1-7H3/t10?,11-,12-,13+,14+,15-/m0/s1. The first-order chi connectivity index (χ1) is 7.73. The monoisotopic (exact) mass is 464 g/mol. The van der Waals surface area contributed by atoms with Gasteiger partial charge in [0, 0.05) is 7.85 Å². The summed E-state index contributed by atoms with van der Waals surface area (Å²) in [6, 6.07) is 0. The zero-order valence-electron chi connectivity index (χ0n) is 12.5. The first-order valence-electron chi connectivity index (χ1n) is 7.02. The zero-order valence-corrected chi connectivity index (χ0v) is 16.8. The van der Waals surface area contributed by atoms with Gasteiger partial charge in [-0.25, -0.2) is 0 Å². The highest BCUT2D eigenvalue weighted by Gasteiger charge is 2.31. The Kier molecular flexibility index (Phi) is 9.33. The molecular formula is C15H30I2. The van der Waals surface area contributed by atoms with Crippen LogP contribution in [0.4, 0.5) is 0 Å². The van der Waals surface area contributed by atoms with Gasteiger partial charge in [-0.3, -0.25) is 0 Å². The van der Waals surface area contributed by atoms with E-state index in [-0.39, 0.29) is 0 Å². The lowest BCUT2D eigenvalue weighted by Gasteiger charge is -2.35. The number of hydrogen-bond donors (Lipinski definition) is 0. The maximum absolute atomic E-state index is 2.70. The van der Waals surface area contributed by atoms with E-state index in [4.69, 9.17) is 0 Å². The quantitative estimate of drug-likeness (QED) is 0.311. The number of hydrogen-bond acceptors (Lipinski definition) is 0. The summed E-state index contributed by atoms with van der Waals surface area (Å²) in [7, 11) is 0. The lowest BCUT2D eigenvalue weighted by atomic mass is 9.78. The molecule has 0 rings (SSSR count). The van der Waals surface area contributed by atoms with Gasteiger partial charge in [0.2, 0.25) is 0 Å². The number of halogens is 2. The van der Waals surface area contributed by atoms with E-state index in [1.54, 1.807) is 0 Å². The van der Waals surface area contributed by atoms with Gasteiger partial charge in [0.1, 0.15) is 0 Å². The van der Waals surface area contributed by atoms with Gasteiger partial charge in [-0.15, -0.1) is 0 Å². The molecule has 0 amide bonds. The van der Waals surface area contributed by atoms with Gasteiger partial charge in [0.25, 0.3) is 0 Å². The molecule has 0 aliphatic carbocycles. The predicted octanol–water partition coefficient (Wildman–Crippen LogP) is 6.20. The third-order valence-corrected chi connectivity index (χ3v) is 9.36. The highest BCUT2D eigenvalue weighted by atomic mass is 127. The second-order valence-corrected chi connectivity index (χ2v) is 8.97. The summed E-state index contributed by atoms with van der Waals surface area (Å²) in [6.45, 7) is 16.7. The molecule has 1 unspecified atom stereocenters. The number of alkyl halides is 2. The minimum absolute atomic E-state index is 0.786. The fourth-order valence-corrected chi connectivity index (χ4v) is 4.79. The summed E-state index contributed by atoms with van der Waals surface area (Å²) >= 11 is 5.35. The molecule has 0 aromatic carbocycles. The Morgan fingerprint density at radius 3 is 1.53 bits per heavy atom. The van der Waals surface area contributed by atoms with Crippen molar-refractivity contribution in [2.75, 3.05) is 0 Å². The zero-order chi connectivity index (χ0) is 13.7. The smallest absolute Gasteiger partial charge is 0.0174 e. The minimum atomic E-state index is 0.786. The van der Waals surface area contributed by atoms with Crippen LogP contribution in [0.5, 0.6) is 0 Å². The molecule has 0 N–H and O–H groups in total. The largest absolute Gasteiger partial charge is 0.0820 e. The maximum atomic E-state index is 2.70. The van der Waals surface area contributed by atoms with Crippen molar-refractivity contribution in [2.45, 2.75) is 62.7 Å². The average molecular weight is 464 g/mol. The molecule has 0 saturated carbocycles. The van der Waals surface area contributed by atoms with Crippen molar-refractivity contribution in [1.29, 1.82) is 0 Å². The molecule has 2 heteroatoms. The van der Waals surface area contributed by atoms with Crippen LogP contribution in [0.25, 0.3) is 0 Å². The SMILES string of the molecule is CCC(C)[C@H](C)[C@H](C)[C@H](I)[C@H](C)[C@H](I)C(C)C. The molecule has 0 bridgehead atoms. The Morgan fingerprint density at radius 2 is 1.18 bits per heavy atom. The van der Waals surface area contributed by atoms with Crippen LogP contribution in [0.15, 0.2) is 0 Å². The van der Waals surface area contributed by atoms with Crippen molar-refractivity contribution in [3.05, 3.63) is 0 Å². The predicted molar refractivity (Wildman–Crippen MR) is 97.4 cm³/mol. The highest BCUT2D eigenvalue weighted by molar-refractivity contribution is 14.1. The minimum Gasteiger partial charge on any atom is -0.0820 e. The van der Waals surface area contributed by atoms with Gasteiger partial charge < -0.3 is 0 Å². The Balaban J connectivity index is 4.53. The Bertz CT molecular complexity index is 203.